The number of nitrogens with one attached hydrogen (secondary N) is 1. The minimum absolute atomic E-state index is 0.106. The van der Waals surface area contributed by atoms with E-state index in [2.05, 4.69) is 15.3 Å². The maximum absolute atomic E-state index is 13.6. The molecule has 0 bridgehead atoms. The Hall–Kier alpha value is -4.47. The highest BCUT2D eigenvalue weighted by Crippen LogP contribution is 2.58. The van der Waals surface area contributed by atoms with Crippen LogP contribution in [0, 0.1) is 11.3 Å². The van der Waals surface area contributed by atoms with Crippen LogP contribution >= 0.6 is 0 Å². The predicted molar refractivity (Wildman–Crippen MR) is 151 cm³/mol. The zero-order valence-electron chi connectivity index (χ0n) is 23.3. The van der Waals surface area contributed by atoms with Crippen molar-refractivity contribution in [3.05, 3.63) is 55.0 Å². The molecule has 10 heteroatoms. The van der Waals surface area contributed by atoms with E-state index in [-0.39, 0.29) is 17.9 Å². The van der Waals surface area contributed by atoms with Gasteiger partial charge in [-0.25, -0.2) is 14.8 Å². The number of carbonyl (C=O) groups is 2. The summed E-state index contributed by atoms with van der Waals surface area (Å²) in [5.74, 6) is 0.468. The third kappa shape index (κ3) is 4.53. The first kappa shape index (κ1) is 25.8. The highest BCUT2D eigenvalue weighted by Gasteiger charge is 2.66. The van der Waals surface area contributed by atoms with Crippen LogP contribution in [0.1, 0.15) is 27.2 Å². The molecule has 2 atom stereocenters. The van der Waals surface area contributed by atoms with Gasteiger partial charge in [0.15, 0.2) is 0 Å². The van der Waals surface area contributed by atoms with Crippen molar-refractivity contribution in [2.75, 3.05) is 25.5 Å². The molecule has 1 aliphatic heterocycles. The number of amides is 2. The van der Waals surface area contributed by atoms with Crippen molar-refractivity contribution in [1.82, 2.24) is 24.6 Å². The molecular weight excluding hydrogens is 508 g/mol. The number of piperidine rings is 1. The molecule has 2 unspecified atom stereocenters. The van der Waals surface area contributed by atoms with Crippen molar-refractivity contribution in [2.24, 2.45) is 18.4 Å². The number of nitrogens with zero attached hydrogens (tertiary/aromatic N) is 5. The summed E-state index contributed by atoms with van der Waals surface area (Å²) in [6.45, 7) is 6.35. The summed E-state index contributed by atoms with van der Waals surface area (Å²) < 4.78 is 12.9. The second-order valence-corrected chi connectivity index (χ2v) is 11.6. The van der Waals surface area contributed by atoms with E-state index in [9.17, 15) is 9.59 Å². The van der Waals surface area contributed by atoms with E-state index >= 15 is 0 Å². The quantitative estimate of drug-likeness (QED) is 0.383. The molecule has 2 aromatic carbocycles. The Morgan fingerprint density at radius 1 is 1.10 bits per heavy atom. The number of benzene rings is 2. The molecule has 0 radical (unpaired) electrons. The number of fused-ring (bicyclic) bond motifs is 2. The van der Waals surface area contributed by atoms with Crippen LogP contribution < -0.4 is 10.1 Å². The predicted octanol–water partition coefficient (Wildman–Crippen LogP) is 4.90. The second kappa shape index (κ2) is 9.32. The lowest BCUT2D eigenvalue weighted by Gasteiger charge is -2.26. The van der Waals surface area contributed by atoms with Crippen LogP contribution in [0.25, 0.3) is 33.4 Å². The summed E-state index contributed by atoms with van der Waals surface area (Å²) in [4.78, 5) is 37.0. The molecule has 2 amide bonds. The van der Waals surface area contributed by atoms with E-state index in [1.807, 2.05) is 70.4 Å². The maximum atomic E-state index is 13.6. The van der Waals surface area contributed by atoms with Crippen LogP contribution in [0.15, 0.2) is 55.0 Å². The Morgan fingerprint density at radius 2 is 1.88 bits per heavy atom. The van der Waals surface area contributed by atoms with Crippen LogP contribution in [-0.4, -0.2) is 62.4 Å². The van der Waals surface area contributed by atoms with Gasteiger partial charge in [-0.2, -0.15) is 5.10 Å². The van der Waals surface area contributed by atoms with Crippen LogP contribution in [0.5, 0.6) is 5.75 Å². The van der Waals surface area contributed by atoms with Gasteiger partial charge in [-0.1, -0.05) is 30.3 Å². The van der Waals surface area contributed by atoms with Gasteiger partial charge in [-0.15, -0.1) is 0 Å². The molecule has 1 N–H and O–H groups in total. The van der Waals surface area contributed by atoms with E-state index in [1.165, 1.54) is 6.33 Å². The molecule has 2 aliphatic rings. The summed E-state index contributed by atoms with van der Waals surface area (Å²) in [5, 5.41) is 8.55. The maximum Gasteiger partial charge on any atom is 0.410 e. The average Bonchev–Trinajstić information content (AvgIpc) is 3.27. The van der Waals surface area contributed by atoms with E-state index < -0.39 is 11.0 Å². The van der Waals surface area contributed by atoms with Crippen molar-refractivity contribution in [1.29, 1.82) is 0 Å². The SMILES string of the molecule is COc1cc2ncnc(-c3cn(C)nc3-c3ccccc3)c2cc1NC(=O)C12CC1CN(C(=O)OC(C)(C)C)C2. The number of methoxy groups -OCH3 is 1. The fourth-order valence-electron chi connectivity index (χ4n) is 5.58. The monoisotopic (exact) mass is 540 g/mol. The van der Waals surface area contributed by atoms with Gasteiger partial charge in [0.1, 0.15) is 23.4 Å². The molecule has 1 saturated carbocycles. The number of hydrogen-bond donors (Lipinski definition) is 1. The number of rotatable bonds is 5. The van der Waals surface area contributed by atoms with Crippen LogP contribution in [0.4, 0.5) is 10.5 Å². The second-order valence-electron chi connectivity index (χ2n) is 11.6. The van der Waals surface area contributed by atoms with Gasteiger partial charge >= 0.3 is 6.09 Å². The lowest BCUT2D eigenvalue weighted by Crippen LogP contribution is -2.39. The molecule has 206 valence electrons. The van der Waals surface area contributed by atoms with Crippen LogP contribution in [-0.2, 0) is 16.6 Å². The molecule has 2 fully saturated rings. The lowest BCUT2D eigenvalue weighted by molar-refractivity contribution is -0.121. The van der Waals surface area contributed by atoms with Gasteiger partial charge in [0, 0.05) is 48.9 Å². The molecule has 40 heavy (non-hydrogen) atoms. The zero-order chi connectivity index (χ0) is 28.2. The first-order valence-electron chi connectivity index (χ1n) is 13.3. The molecule has 2 aromatic heterocycles. The van der Waals surface area contributed by atoms with Gasteiger partial charge in [-0.05, 0) is 39.2 Å². The Morgan fingerprint density at radius 3 is 2.60 bits per heavy atom. The molecule has 4 aromatic rings. The Bertz CT molecular complexity index is 1630. The standard InChI is InChI=1S/C30H32N6O4/c1-29(2,3)40-28(38)36-14-19-13-30(19,16-36)27(37)33-23-11-20-22(12-24(23)39-5)31-17-32-26(20)21-15-35(4)34-25(21)18-9-7-6-8-10-18/h6-12,15,17,19H,13-14,16H2,1-5H3,(H,33,37). The number of likely N-dealkylation sites (tertiary alicyclic amines) is 1. The fourth-order valence-corrected chi connectivity index (χ4v) is 5.58. The van der Waals surface area contributed by atoms with Crippen molar-refractivity contribution in [3.8, 4) is 28.3 Å². The van der Waals surface area contributed by atoms with Crippen LogP contribution in [0.2, 0.25) is 0 Å². The summed E-state index contributed by atoms with van der Waals surface area (Å²) in [5.41, 5.74) is 3.32. The Kier molecular flexibility index (Phi) is 6.01. The minimum Gasteiger partial charge on any atom is -0.494 e. The number of aromatic nitrogens is 4. The molecule has 3 heterocycles. The molecule has 1 aliphatic carbocycles. The number of carbonyl (C=O) groups excluding carboxylic acids is 2. The summed E-state index contributed by atoms with van der Waals surface area (Å²) >= 11 is 0. The molecule has 6 rings (SSSR count). The molecule has 0 spiro atoms. The van der Waals surface area contributed by atoms with Gasteiger partial charge in [0.25, 0.3) is 0 Å². The molecule has 1 saturated heterocycles. The highest BCUT2D eigenvalue weighted by atomic mass is 16.6. The smallest absolute Gasteiger partial charge is 0.410 e. The fraction of sp³-hybridized carbons (Fsp3) is 0.367. The van der Waals surface area contributed by atoms with Crippen molar-refractivity contribution >= 4 is 28.6 Å². The largest absolute Gasteiger partial charge is 0.494 e. The van der Waals surface area contributed by atoms with Crippen molar-refractivity contribution < 1.29 is 19.1 Å². The minimum atomic E-state index is -0.628. The number of aryl methyl sites for hydroxylation is 1. The van der Waals surface area contributed by atoms with Gasteiger partial charge < -0.3 is 19.7 Å². The Labute approximate surface area is 232 Å². The lowest BCUT2D eigenvalue weighted by atomic mass is 10.0. The highest BCUT2D eigenvalue weighted by molar-refractivity contribution is 6.04. The topological polar surface area (TPSA) is 111 Å². The number of ether oxygens (including phenoxy) is 2. The van der Waals surface area contributed by atoms with Gasteiger partial charge in [0.2, 0.25) is 5.91 Å². The van der Waals surface area contributed by atoms with Gasteiger partial charge in [0.05, 0.1) is 29.4 Å². The first-order chi connectivity index (χ1) is 19.1. The molecular formula is C30H32N6O4. The van der Waals surface area contributed by atoms with E-state index in [4.69, 9.17) is 14.6 Å². The third-order valence-electron chi connectivity index (χ3n) is 7.59. The molecule has 10 nitrogen and oxygen atoms in total. The number of hydrogen-bond acceptors (Lipinski definition) is 7. The van der Waals surface area contributed by atoms with E-state index in [1.54, 1.807) is 22.8 Å². The van der Waals surface area contributed by atoms with E-state index in [0.29, 0.717) is 35.7 Å². The average molecular weight is 541 g/mol. The van der Waals surface area contributed by atoms with Crippen LogP contribution in [0.3, 0.4) is 0 Å². The van der Waals surface area contributed by atoms with Crippen molar-refractivity contribution in [3.63, 3.8) is 0 Å². The number of anilines is 1. The van der Waals surface area contributed by atoms with E-state index in [0.717, 1.165) is 28.6 Å². The zero-order valence-corrected chi connectivity index (χ0v) is 23.3. The normalized spacial score (nSPS) is 19.8. The summed E-state index contributed by atoms with van der Waals surface area (Å²) in [6.07, 6.45) is 3.81. The summed E-state index contributed by atoms with van der Waals surface area (Å²) in [7, 11) is 3.44. The first-order valence-corrected chi connectivity index (χ1v) is 13.3. The van der Waals surface area contributed by atoms with Crippen molar-refractivity contribution in [2.45, 2.75) is 32.8 Å². The van der Waals surface area contributed by atoms with Gasteiger partial charge in [-0.3, -0.25) is 9.48 Å². The summed E-state index contributed by atoms with van der Waals surface area (Å²) in [6, 6.07) is 13.6. The third-order valence-corrected chi connectivity index (χ3v) is 7.59. The Balaban J connectivity index is 1.33.